The van der Waals surface area contributed by atoms with Crippen molar-refractivity contribution >= 4 is 22.2 Å². The number of amides is 2. The van der Waals surface area contributed by atoms with E-state index < -0.39 is 9.84 Å². The number of hydrogen-bond donors (Lipinski definition) is 1. The average Bonchev–Trinajstić information content (AvgIpc) is 2.37. The third-order valence-electron chi connectivity index (χ3n) is 2.50. The molecule has 7 nitrogen and oxygen atoms in total. The third kappa shape index (κ3) is 5.46. The number of hydrogen-bond acceptors (Lipinski definition) is 5. The number of carbonyl (C=O) groups is 1. The van der Waals surface area contributed by atoms with Crippen molar-refractivity contribution in [1.82, 2.24) is 10.2 Å². The van der Waals surface area contributed by atoms with Crippen molar-refractivity contribution in [3.05, 3.63) is 0 Å². The van der Waals surface area contributed by atoms with Gasteiger partial charge in [0.1, 0.15) is 0 Å². The van der Waals surface area contributed by atoms with Crippen LogP contribution in [0.5, 0.6) is 0 Å². The van der Waals surface area contributed by atoms with E-state index in [9.17, 15) is 18.0 Å². The largest absolute Gasteiger partial charge is 0.378 e. The minimum absolute atomic E-state index is 0.0530. The van der Waals surface area contributed by atoms with Crippen molar-refractivity contribution in [2.24, 2.45) is 0 Å². The van der Waals surface area contributed by atoms with Gasteiger partial charge >= 0.3 is 6.03 Å². The third-order valence-corrected chi connectivity index (χ3v) is 4.15. The van der Waals surface area contributed by atoms with Gasteiger partial charge in [-0.05, 0) is 0 Å². The minimum Gasteiger partial charge on any atom is -0.378 e. The highest BCUT2D eigenvalue weighted by Crippen LogP contribution is 1.97. The quantitative estimate of drug-likeness (QED) is 0.668. The van der Waals surface area contributed by atoms with Gasteiger partial charge in [0.05, 0.1) is 24.7 Å². The monoisotopic (exact) mass is 277 g/mol. The molecule has 1 fully saturated rings. The van der Waals surface area contributed by atoms with E-state index >= 15 is 0 Å². The zero-order valence-electron chi connectivity index (χ0n) is 10.1. The van der Waals surface area contributed by atoms with E-state index in [1.807, 2.05) is 0 Å². The molecule has 1 rings (SSSR count). The molecule has 1 heterocycles. The Hall–Kier alpha value is -1.15. The average molecular weight is 277 g/mol. The molecule has 0 aromatic heterocycles. The van der Waals surface area contributed by atoms with Gasteiger partial charge in [0.15, 0.2) is 16.1 Å². The van der Waals surface area contributed by atoms with Crippen molar-refractivity contribution in [3.63, 3.8) is 0 Å². The topological polar surface area (TPSA) is 92.8 Å². The summed E-state index contributed by atoms with van der Waals surface area (Å²) in [5.41, 5.74) is 0. The van der Waals surface area contributed by atoms with Gasteiger partial charge in [-0.2, -0.15) is 0 Å². The maximum atomic E-state index is 11.6. The molecule has 2 amide bonds. The van der Waals surface area contributed by atoms with Gasteiger partial charge in [-0.15, -0.1) is 0 Å². The van der Waals surface area contributed by atoms with E-state index in [0.29, 0.717) is 26.3 Å². The zero-order valence-corrected chi connectivity index (χ0v) is 10.9. The van der Waals surface area contributed by atoms with Crippen molar-refractivity contribution < 1.29 is 22.7 Å². The second-order valence-corrected chi connectivity index (χ2v) is 6.18. The lowest BCUT2D eigenvalue weighted by Gasteiger charge is -2.26. The van der Waals surface area contributed by atoms with Crippen LogP contribution in [0.15, 0.2) is 0 Å². The summed E-state index contributed by atoms with van der Waals surface area (Å²) in [5, 5.41) is 2.54. The van der Waals surface area contributed by atoms with Crippen LogP contribution in [0.2, 0.25) is 0 Å². The highest BCUT2D eigenvalue weighted by molar-refractivity contribution is 7.91. The fourth-order valence-electron chi connectivity index (χ4n) is 1.49. The fraction of sp³-hybridized carbons (Fsp3) is 0.800. The summed E-state index contributed by atoms with van der Waals surface area (Å²) in [6, 6.07) is -0.282. The number of rotatable bonds is 6. The van der Waals surface area contributed by atoms with Crippen molar-refractivity contribution in [2.75, 3.05) is 44.4 Å². The van der Waals surface area contributed by atoms with Crippen LogP contribution < -0.4 is 5.32 Å². The molecule has 0 bridgehead atoms. The Morgan fingerprint density at radius 3 is 2.56 bits per heavy atom. The molecule has 0 aromatic rings. The number of ether oxygens (including phenoxy) is 1. The van der Waals surface area contributed by atoms with E-state index in [0.717, 1.165) is 0 Å². The molecule has 1 radical (unpaired) electrons. The number of morpholine rings is 1. The van der Waals surface area contributed by atoms with Gasteiger partial charge in [0.25, 0.3) is 0 Å². The SMILES string of the molecule is O=[C]CCS(=O)(=O)CCNC(=O)N1CCOCC1. The Morgan fingerprint density at radius 1 is 1.28 bits per heavy atom. The van der Waals surface area contributed by atoms with Crippen LogP contribution in [0, 0.1) is 0 Å². The van der Waals surface area contributed by atoms with E-state index in [4.69, 9.17) is 4.74 Å². The van der Waals surface area contributed by atoms with E-state index in [2.05, 4.69) is 5.32 Å². The molecule has 18 heavy (non-hydrogen) atoms. The first-order chi connectivity index (χ1) is 8.55. The first-order valence-electron chi connectivity index (χ1n) is 5.71. The van der Waals surface area contributed by atoms with Gasteiger partial charge in [-0.25, -0.2) is 13.2 Å². The van der Waals surface area contributed by atoms with Crippen molar-refractivity contribution in [2.45, 2.75) is 6.42 Å². The normalized spacial score (nSPS) is 16.3. The molecule has 8 heteroatoms. The Labute approximate surface area is 106 Å². The van der Waals surface area contributed by atoms with E-state index in [1.165, 1.54) is 6.29 Å². The maximum absolute atomic E-state index is 11.6. The Balaban J connectivity index is 2.24. The molecule has 0 saturated carbocycles. The van der Waals surface area contributed by atoms with Crippen LogP contribution >= 0.6 is 0 Å². The van der Waals surface area contributed by atoms with Crippen LogP contribution in [0.3, 0.4) is 0 Å². The number of sulfone groups is 1. The van der Waals surface area contributed by atoms with Crippen molar-refractivity contribution in [1.29, 1.82) is 0 Å². The highest BCUT2D eigenvalue weighted by atomic mass is 32.2. The molecule has 0 unspecified atom stereocenters. The molecule has 0 spiro atoms. The van der Waals surface area contributed by atoms with E-state index in [-0.39, 0.29) is 30.5 Å². The van der Waals surface area contributed by atoms with Gasteiger partial charge < -0.3 is 15.0 Å². The first-order valence-corrected chi connectivity index (χ1v) is 7.53. The molecule has 1 saturated heterocycles. The summed E-state index contributed by atoms with van der Waals surface area (Å²) < 4.78 is 27.9. The lowest BCUT2D eigenvalue weighted by atomic mass is 10.4. The van der Waals surface area contributed by atoms with E-state index in [1.54, 1.807) is 4.90 Å². The summed E-state index contributed by atoms with van der Waals surface area (Å²) >= 11 is 0. The van der Waals surface area contributed by atoms with Crippen LogP contribution in [-0.4, -0.2) is 70.0 Å². The zero-order chi connectivity index (χ0) is 13.4. The Morgan fingerprint density at radius 2 is 1.94 bits per heavy atom. The van der Waals surface area contributed by atoms with Crippen molar-refractivity contribution in [3.8, 4) is 0 Å². The van der Waals surface area contributed by atoms with Crippen LogP contribution in [0.25, 0.3) is 0 Å². The standard InChI is InChI=1S/C10H17N2O5S/c13-5-1-8-18(15,16)9-2-11-10(14)12-3-6-17-7-4-12/h1-4,6-9H2,(H,11,14). The number of nitrogens with one attached hydrogen (secondary N) is 1. The number of urea groups is 1. The van der Waals surface area contributed by atoms with Gasteiger partial charge in [0, 0.05) is 26.1 Å². The summed E-state index contributed by atoms with van der Waals surface area (Å²) in [5.74, 6) is -0.380. The molecule has 1 N–H and O–H groups in total. The molecule has 0 atom stereocenters. The molecule has 0 aromatic carbocycles. The number of carbonyl (C=O) groups excluding carboxylic acids is 2. The molecular weight excluding hydrogens is 260 g/mol. The fourth-order valence-corrected chi connectivity index (χ4v) is 2.50. The Kier molecular flexibility index (Phi) is 6.06. The minimum atomic E-state index is -3.29. The molecule has 0 aliphatic carbocycles. The summed E-state index contributed by atoms with van der Waals surface area (Å²) in [6.45, 7) is 2.08. The van der Waals surface area contributed by atoms with Gasteiger partial charge in [-0.1, -0.05) is 0 Å². The highest BCUT2D eigenvalue weighted by Gasteiger charge is 2.17. The molecule has 103 valence electrons. The summed E-state index contributed by atoms with van der Waals surface area (Å²) in [4.78, 5) is 23.1. The molecule has 1 aliphatic rings. The molecule has 1 aliphatic heterocycles. The van der Waals surface area contributed by atoms with Gasteiger partial charge in [-0.3, -0.25) is 4.79 Å². The maximum Gasteiger partial charge on any atom is 0.317 e. The first kappa shape index (κ1) is 14.9. The number of nitrogens with zero attached hydrogens (tertiary/aromatic N) is 1. The summed E-state index contributed by atoms with van der Waals surface area (Å²) in [7, 11) is -3.29. The Bertz CT molecular complexity index is 376. The lowest BCUT2D eigenvalue weighted by molar-refractivity contribution is 0.0533. The second-order valence-electron chi connectivity index (χ2n) is 3.88. The lowest BCUT2D eigenvalue weighted by Crippen LogP contribution is -2.47. The predicted octanol–water partition coefficient (Wildman–Crippen LogP) is -1.06. The predicted molar refractivity (Wildman–Crippen MR) is 64.8 cm³/mol. The van der Waals surface area contributed by atoms with Gasteiger partial charge in [0.2, 0.25) is 0 Å². The van der Waals surface area contributed by atoms with Crippen LogP contribution in [0.1, 0.15) is 6.42 Å². The van der Waals surface area contributed by atoms with Crippen LogP contribution in [-0.2, 0) is 19.4 Å². The molecular formula is C10H17N2O5S. The van der Waals surface area contributed by atoms with Crippen LogP contribution in [0.4, 0.5) is 4.79 Å². The second kappa shape index (κ2) is 7.32. The summed E-state index contributed by atoms with van der Waals surface area (Å²) in [6.07, 6.45) is 1.41. The smallest absolute Gasteiger partial charge is 0.317 e.